The zero-order chi connectivity index (χ0) is 14.4. The average Bonchev–Trinajstić information content (AvgIpc) is 2.89. The molecule has 0 aromatic heterocycles. The average molecular weight is 274 g/mol. The Kier molecular flexibility index (Phi) is 6.06. The molecule has 1 saturated heterocycles. The molecule has 112 valence electrons. The van der Waals surface area contributed by atoms with Crippen LogP contribution in [0.25, 0.3) is 0 Å². The van der Waals surface area contributed by atoms with Crippen molar-refractivity contribution in [1.82, 2.24) is 10.2 Å². The molecule has 1 fully saturated rings. The van der Waals surface area contributed by atoms with Crippen LogP contribution in [0.15, 0.2) is 24.3 Å². The second-order valence-electron chi connectivity index (χ2n) is 6.37. The Hall–Kier alpha value is -0.860. The fourth-order valence-electron chi connectivity index (χ4n) is 3.31. The number of rotatable bonds is 7. The number of nitrogens with one attached hydrogen (secondary N) is 1. The summed E-state index contributed by atoms with van der Waals surface area (Å²) >= 11 is 0. The van der Waals surface area contributed by atoms with E-state index in [9.17, 15) is 0 Å². The quantitative estimate of drug-likeness (QED) is 0.761. The lowest BCUT2D eigenvalue weighted by Crippen LogP contribution is -2.33. The van der Waals surface area contributed by atoms with Gasteiger partial charge in [-0.1, -0.05) is 45.0 Å². The maximum atomic E-state index is 3.53. The van der Waals surface area contributed by atoms with Crippen LogP contribution in [0.4, 0.5) is 0 Å². The summed E-state index contributed by atoms with van der Waals surface area (Å²) in [6, 6.07) is 9.69. The number of likely N-dealkylation sites (tertiary alicyclic amines) is 1. The molecular weight excluding hydrogens is 244 g/mol. The van der Waals surface area contributed by atoms with Crippen molar-refractivity contribution in [3.05, 3.63) is 35.4 Å². The Bertz CT molecular complexity index is 400. The van der Waals surface area contributed by atoms with Crippen molar-refractivity contribution in [2.45, 2.75) is 59.2 Å². The van der Waals surface area contributed by atoms with Crippen molar-refractivity contribution in [2.24, 2.45) is 5.92 Å². The molecule has 2 rings (SSSR count). The van der Waals surface area contributed by atoms with E-state index in [0.717, 1.165) is 31.6 Å². The maximum absolute atomic E-state index is 3.53. The predicted molar refractivity (Wildman–Crippen MR) is 86.7 cm³/mol. The van der Waals surface area contributed by atoms with E-state index in [-0.39, 0.29) is 0 Å². The molecule has 1 atom stereocenters. The van der Waals surface area contributed by atoms with Crippen LogP contribution in [0, 0.1) is 5.92 Å². The van der Waals surface area contributed by atoms with Crippen molar-refractivity contribution < 1.29 is 0 Å². The zero-order valence-corrected chi connectivity index (χ0v) is 13.4. The molecule has 0 saturated carbocycles. The van der Waals surface area contributed by atoms with Crippen LogP contribution in [0.1, 0.15) is 51.2 Å². The molecule has 1 aromatic carbocycles. The van der Waals surface area contributed by atoms with Gasteiger partial charge in [0.15, 0.2) is 0 Å². The fourth-order valence-corrected chi connectivity index (χ4v) is 3.31. The number of hydrogen-bond donors (Lipinski definition) is 1. The molecule has 0 radical (unpaired) electrons. The summed E-state index contributed by atoms with van der Waals surface area (Å²) in [7, 11) is 0. The summed E-state index contributed by atoms with van der Waals surface area (Å²) in [6.07, 6.45) is 3.93. The first-order valence-corrected chi connectivity index (χ1v) is 8.24. The second kappa shape index (κ2) is 7.80. The first-order chi connectivity index (χ1) is 9.72. The van der Waals surface area contributed by atoms with Crippen molar-refractivity contribution >= 4 is 0 Å². The molecule has 1 aromatic rings. The van der Waals surface area contributed by atoms with E-state index in [2.05, 4.69) is 55.3 Å². The SMILES string of the molecule is CCCNCc1ccccc1CN1CCCC1C(C)C. The highest BCUT2D eigenvalue weighted by Gasteiger charge is 2.27. The predicted octanol–water partition coefficient (Wildman–Crippen LogP) is 3.81. The number of benzene rings is 1. The van der Waals surface area contributed by atoms with Crippen LogP contribution in [-0.4, -0.2) is 24.0 Å². The van der Waals surface area contributed by atoms with E-state index in [1.807, 2.05) is 0 Å². The summed E-state index contributed by atoms with van der Waals surface area (Å²) in [5.41, 5.74) is 2.97. The largest absolute Gasteiger partial charge is 0.313 e. The van der Waals surface area contributed by atoms with Crippen molar-refractivity contribution in [3.8, 4) is 0 Å². The van der Waals surface area contributed by atoms with Gasteiger partial charge in [0.25, 0.3) is 0 Å². The van der Waals surface area contributed by atoms with Crippen molar-refractivity contribution in [2.75, 3.05) is 13.1 Å². The summed E-state index contributed by atoms with van der Waals surface area (Å²) in [4.78, 5) is 2.68. The molecule has 1 aliphatic rings. The minimum Gasteiger partial charge on any atom is -0.313 e. The molecule has 20 heavy (non-hydrogen) atoms. The molecule has 0 aliphatic carbocycles. The fraction of sp³-hybridized carbons (Fsp3) is 0.667. The van der Waals surface area contributed by atoms with Crippen LogP contribution in [0.5, 0.6) is 0 Å². The molecule has 2 nitrogen and oxygen atoms in total. The lowest BCUT2D eigenvalue weighted by Gasteiger charge is -2.28. The minimum atomic E-state index is 0.767. The third kappa shape index (κ3) is 4.07. The first-order valence-electron chi connectivity index (χ1n) is 8.24. The van der Waals surface area contributed by atoms with E-state index in [4.69, 9.17) is 0 Å². The summed E-state index contributed by atoms with van der Waals surface area (Å²) < 4.78 is 0. The van der Waals surface area contributed by atoms with Gasteiger partial charge in [-0.25, -0.2) is 0 Å². The molecular formula is C18H30N2. The molecule has 1 aliphatic heterocycles. The van der Waals surface area contributed by atoms with Gasteiger partial charge in [-0.05, 0) is 49.4 Å². The maximum Gasteiger partial charge on any atom is 0.0240 e. The van der Waals surface area contributed by atoms with Gasteiger partial charge in [0.1, 0.15) is 0 Å². The lowest BCUT2D eigenvalue weighted by molar-refractivity contribution is 0.198. The van der Waals surface area contributed by atoms with Crippen LogP contribution in [-0.2, 0) is 13.1 Å². The summed E-state index contributed by atoms with van der Waals surface area (Å²) in [5, 5.41) is 3.53. The van der Waals surface area contributed by atoms with Crippen LogP contribution in [0.2, 0.25) is 0 Å². The van der Waals surface area contributed by atoms with Gasteiger partial charge < -0.3 is 5.32 Å². The molecule has 0 amide bonds. The van der Waals surface area contributed by atoms with E-state index >= 15 is 0 Å². The molecule has 0 bridgehead atoms. The van der Waals surface area contributed by atoms with Crippen LogP contribution in [0.3, 0.4) is 0 Å². The highest BCUT2D eigenvalue weighted by Crippen LogP contribution is 2.26. The standard InChI is InChI=1S/C18H30N2/c1-4-11-19-13-16-8-5-6-9-17(16)14-20-12-7-10-18(20)15(2)3/h5-6,8-9,15,18-19H,4,7,10-14H2,1-3H3. The summed E-state index contributed by atoms with van der Waals surface area (Å²) in [6.45, 7) is 11.4. The van der Waals surface area contributed by atoms with Gasteiger partial charge in [0.2, 0.25) is 0 Å². The molecule has 1 N–H and O–H groups in total. The van der Waals surface area contributed by atoms with Crippen molar-refractivity contribution in [3.63, 3.8) is 0 Å². The van der Waals surface area contributed by atoms with Gasteiger partial charge in [0, 0.05) is 19.1 Å². The van der Waals surface area contributed by atoms with Gasteiger partial charge in [-0.2, -0.15) is 0 Å². The van der Waals surface area contributed by atoms with Gasteiger partial charge >= 0.3 is 0 Å². The molecule has 1 heterocycles. The molecule has 2 heteroatoms. The van der Waals surface area contributed by atoms with Gasteiger partial charge in [-0.15, -0.1) is 0 Å². The molecule has 0 spiro atoms. The second-order valence-corrected chi connectivity index (χ2v) is 6.37. The Morgan fingerprint density at radius 1 is 1.25 bits per heavy atom. The minimum absolute atomic E-state index is 0.767. The number of nitrogens with zero attached hydrogens (tertiary/aromatic N) is 1. The highest BCUT2D eigenvalue weighted by molar-refractivity contribution is 5.27. The zero-order valence-electron chi connectivity index (χ0n) is 13.4. The Labute approximate surface area is 124 Å². The summed E-state index contributed by atoms with van der Waals surface area (Å²) in [5.74, 6) is 0.767. The Morgan fingerprint density at radius 3 is 2.70 bits per heavy atom. The van der Waals surface area contributed by atoms with E-state index in [0.29, 0.717) is 0 Å². The smallest absolute Gasteiger partial charge is 0.0240 e. The Balaban J connectivity index is 2.01. The topological polar surface area (TPSA) is 15.3 Å². The van der Waals surface area contributed by atoms with E-state index in [1.165, 1.54) is 36.9 Å². The lowest BCUT2D eigenvalue weighted by atomic mass is 10.0. The number of hydrogen-bond acceptors (Lipinski definition) is 2. The first kappa shape index (κ1) is 15.5. The van der Waals surface area contributed by atoms with Crippen LogP contribution < -0.4 is 5.32 Å². The Morgan fingerprint density at radius 2 is 2.00 bits per heavy atom. The van der Waals surface area contributed by atoms with Gasteiger partial charge in [-0.3, -0.25) is 4.90 Å². The van der Waals surface area contributed by atoms with Crippen molar-refractivity contribution in [1.29, 1.82) is 0 Å². The third-order valence-corrected chi connectivity index (χ3v) is 4.42. The third-order valence-electron chi connectivity index (χ3n) is 4.42. The molecule has 1 unspecified atom stereocenters. The van der Waals surface area contributed by atoms with Gasteiger partial charge in [0.05, 0.1) is 0 Å². The van der Waals surface area contributed by atoms with E-state index < -0.39 is 0 Å². The van der Waals surface area contributed by atoms with E-state index in [1.54, 1.807) is 0 Å². The monoisotopic (exact) mass is 274 g/mol. The van der Waals surface area contributed by atoms with Crippen LogP contribution >= 0.6 is 0 Å². The normalized spacial score (nSPS) is 19.9. The highest BCUT2D eigenvalue weighted by atomic mass is 15.2.